The van der Waals surface area contributed by atoms with E-state index in [4.69, 9.17) is 20.7 Å². The molecule has 0 aliphatic heterocycles. The van der Waals surface area contributed by atoms with Crippen molar-refractivity contribution in [2.45, 2.75) is 124 Å². The molecule has 0 aromatic rings. The van der Waals surface area contributed by atoms with Crippen LogP contribution in [0, 0.1) is 0 Å². The van der Waals surface area contributed by atoms with Crippen molar-refractivity contribution in [1.29, 1.82) is 0 Å². The lowest BCUT2D eigenvalue weighted by Gasteiger charge is -2.04. The molecule has 0 unspecified atom stereocenters. The molecule has 0 rings (SSSR count). The Kier molecular flexibility index (Phi) is 39.6. The molecule has 0 bridgehead atoms. The molecular formula is C24H53NO4. The van der Waals surface area contributed by atoms with E-state index >= 15 is 0 Å². The number of unbranched alkanes of at least 4 members (excludes halogenated alkanes) is 14. The molecule has 0 aromatic carbocycles. The highest BCUT2D eigenvalue weighted by atomic mass is 16.5. The summed E-state index contributed by atoms with van der Waals surface area (Å²) >= 11 is 0. The lowest BCUT2D eigenvalue weighted by Crippen LogP contribution is -2.13. The van der Waals surface area contributed by atoms with Crippen molar-refractivity contribution in [1.82, 2.24) is 0 Å². The predicted molar refractivity (Wildman–Crippen MR) is 125 cm³/mol. The minimum absolute atomic E-state index is 0.0925. The molecule has 0 heterocycles. The molecule has 0 amide bonds. The average Bonchev–Trinajstić information content (AvgIpc) is 2.70. The van der Waals surface area contributed by atoms with Gasteiger partial charge in [0.2, 0.25) is 0 Å². The number of aliphatic hydroxyl groups is 2. The molecule has 0 atom stereocenters. The van der Waals surface area contributed by atoms with Crippen LogP contribution >= 0.6 is 0 Å². The van der Waals surface area contributed by atoms with Crippen LogP contribution in [0.15, 0.2) is 0 Å². The number of ether oxygens (including phenoxy) is 1. The Hall–Kier alpha value is -0.650. The topological polar surface area (TPSA) is 92.8 Å². The van der Waals surface area contributed by atoms with E-state index in [0.29, 0.717) is 19.6 Å². The Bertz CT molecular complexity index is 274. The summed E-state index contributed by atoms with van der Waals surface area (Å²) < 4.78 is 4.95. The smallest absolute Gasteiger partial charge is 0.305 e. The summed E-state index contributed by atoms with van der Waals surface area (Å²) in [4.78, 5) is 11.3. The van der Waals surface area contributed by atoms with Gasteiger partial charge in [0.05, 0.1) is 0 Å². The first-order valence-corrected chi connectivity index (χ1v) is 12.2. The second kappa shape index (κ2) is 34.8. The summed E-state index contributed by atoms with van der Waals surface area (Å²) in [5.41, 5.74) is 5.29. The SMILES string of the molecule is CCCCCCCCCCCCCCCCCC(=O)OCCN.CCO.CCO. The minimum atomic E-state index is -0.0925. The number of aliphatic hydroxyl groups excluding tert-OH is 2. The van der Waals surface area contributed by atoms with Crippen molar-refractivity contribution in [3.05, 3.63) is 0 Å². The number of carbonyl (C=O) groups is 1. The molecule has 0 fully saturated rings. The molecule has 178 valence electrons. The third-order valence-corrected chi connectivity index (χ3v) is 4.37. The first kappa shape index (κ1) is 33.0. The Morgan fingerprint density at radius 3 is 1.28 bits per heavy atom. The van der Waals surface area contributed by atoms with Gasteiger partial charge >= 0.3 is 5.97 Å². The van der Waals surface area contributed by atoms with E-state index in [-0.39, 0.29) is 19.2 Å². The van der Waals surface area contributed by atoms with E-state index in [1.165, 1.54) is 83.5 Å². The second-order valence-corrected chi connectivity index (χ2v) is 7.34. The second-order valence-electron chi connectivity index (χ2n) is 7.34. The molecule has 4 N–H and O–H groups in total. The standard InChI is InChI=1S/C20H41NO2.2C2H6O/c1-2-3-4-5-6-7-8-9-10-11-12-13-14-15-16-17-20(22)23-19-18-21;2*1-2-3/h2-19,21H2,1H3;2*3H,2H2,1H3. The van der Waals surface area contributed by atoms with Crippen molar-refractivity contribution in [2.75, 3.05) is 26.4 Å². The van der Waals surface area contributed by atoms with E-state index in [2.05, 4.69) is 6.92 Å². The normalized spacial score (nSPS) is 9.86. The van der Waals surface area contributed by atoms with Crippen LogP contribution in [-0.4, -0.2) is 42.5 Å². The number of carbonyl (C=O) groups excluding carboxylic acids is 1. The maximum Gasteiger partial charge on any atom is 0.305 e. The van der Waals surface area contributed by atoms with Crippen LogP contribution < -0.4 is 5.73 Å². The zero-order valence-electron chi connectivity index (χ0n) is 19.9. The highest BCUT2D eigenvalue weighted by Crippen LogP contribution is 2.13. The van der Waals surface area contributed by atoms with Gasteiger partial charge in [0.25, 0.3) is 0 Å². The van der Waals surface area contributed by atoms with E-state index in [1.54, 1.807) is 13.8 Å². The zero-order chi connectivity index (χ0) is 22.4. The Morgan fingerprint density at radius 2 is 0.966 bits per heavy atom. The fourth-order valence-electron chi connectivity index (χ4n) is 2.89. The van der Waals surface area contributed by atoms with Gasteiger partial charge in [-0.3, -0.25) is 4.79 Å². The van der Waals surface area contributed by atoms with Gasteiger partial charge in [0.1, 0.15) is 6.61 Å². The van der Waals surface area contributed by atoms with Gasteiger partial charge in [-0.25, -0.2) is 0 Å². The van der Waals surface area contributed by atoms with E-state index in [0.717, 1.165) is 12.8 Å². The molecule has 0 aliphatic rings. The van der Waals surface area contributed by atoms with Gasteiger partial charge < -0.3 is 20.7 Å². The highest BCUT2D eigenvalue weighted by Gasteiger charge is 2.01. The fraction of sp³-hybridized carbons (Fsp3) is 0.958. The van der Waals surface area contributed by atoms with Crippen LogP contribution in [0.3, 0.4) is 0 Å². The molecule has 0 radical (unpaired) electrons. The maximum atomic E-state index is 11.3. The predicted octanol–water partition coefficient (Wildman–Crippen LogP) is 5.75. The molecule has 5 heteroatoms. The summed E-state index contributed by atoms with van der Waals surface area (Å²) in [5, 5.41) is 15.1. The van der Waals surface area contributed by atoms with Gasteiger partial charge in [-0.05, 0) is 20.3 Å². The number of hydrogen-bond acceptors (Lipinski definition) is 5. The number of hydrogen-bond donors (Lipinski definition) is 3. The van der Waals surface area contributed by atoms with Gasteiger partial charge in [0.15, 0.2) is 0 Å². The average molecular weight is 420 g/mol. The Labute approximate surface area is 181 Å². The molecule has 0 aliphatic carbocycles. The van der Waals surface area contributed by atoms with Gasteiger partial charge in [0, 0.05) is 26.2 Å². The van der Waals surface area contributed by atoms with E-state index < -0.39 is 0 Å². The van der Waals surface area contributed by atoms with Crippen molar-refractivity contribution in [3.8, 4) is 0 Å². The van der Waals surface area contributed by atoms with Crippen molar-refractivity contribution < 1.29 is 19.7 Å². The summed E-state index contributed by atoms with van der Waals surface area (Å²) in [6, 6.07) is 0. The van der Waals surface area contributed by atoms with Crippen LogP contribution in [0.1, 0.15) is 124 Å². The quantitative estimate of drug-likeness (QED) is 0.194. The molecular weight excluding hydrogens is 366 g/mol. The van der Waals surface area contributed by atoms with Crippen molar-refractivity contribution >= 4 is 5.97 Å². The van der Waals surface area contributed by atoms with Crippen LogP contribution in [0.4, 0.5) is 0 Å². The van der Waals surface area contributed by atoms with Crippen LogP contribution in [0.5, 0.6) is 0 Å². The maximum absolute atomic E-state index is 11.3. The summed E-state index contributed by atoms with van der Waals surface area (Å²) in [5.74, 6) is -0.0925. The largest absolute Gasteiger partial charge is 0.464 e. The molecule has 0 saturated carbocycles. The summed E-state index contributed by atoms with van der Waals surface area (Å²) in [6.45, 7) is 6.92. The highest BCUT2D eigenvalue weighted by molar-refractivity contribution is 5.69. The van der Waals surface area contributed by atoms with Crippen LogP contribution in [-0.2, 0) is 9.53 Å². The summed E-state index contributed by atoms with van der Waals surface area (Å²) in [7, 11) is 0. The van der Waals surface area contributed by atoms with Gasteiger partial charge in [-0.1, -0.05) is 96.8 Å². The molecule has 0 aromatic heterocycles. The minimum Gasteiger partial charge on any atom is -0.464 e. The monoisotopic (exact) mass is 419 g/mol. The van der Waals surface area contributed by atoms with Crippen molar-refractivity contribution in [2.24, 2.45) is 5.73 Å². The third-order valence-electron chi connectivity index (χ3n) is 4.37. The number of rotatable bonds is 18. The van der Waals surface area contributed by atoms with Gasteiger partial charge in [-0.15, -0.1) is 0 Å². The number of esters is 1. The Morgan fingerprint density at radius 1 is 0.655 bits per heavy atom. The third kappa shape index (κ3) is 42.4. The van der Waals surface area contributed by atoms with Crippen LogP contribution in [0.2, 0.25) is 0 Å². The lowest BCUT2D eigenvalue weighted by molar-refractivity contribution is -0.143. The first-order chi connectivity index (χ1) is 14.1. The molecule has 29 heavy (non-hydrogen) atoms. The number of nitrogens with two attached hydrogens (primary N) is 1. The first-order valence-electron chi connectivity index (χ1n) is 12.2. The molecule has 0 saturated heterocycles. The van der Waals surface area contributed by atoms with E-state index in [9.17, 15) is 4.79 Å². The van der Waals surface area contributed by atoms with Gasteiger partial charge in [-0.2, -0.15) is 0 Å². The Balaban J connectivity index is -0.000000993. The zero-order valence-corrected chi connectivity index (χ0v) is 19.9. The molecule has 0 spiro atoms. The van der Waals surface area contributed by atoms with Crippen molar-refractivity contribution in [3.63, 3.8) is 0 Å². The van der Waals surface area contributed by atoms with E-state index in [1.807, 2.05) is 0 Å². The van der Waals surface area contributed by atoms with Crippen LogP contribution in [0.25, 0.3) is 0 Å². The lowest BCUT2D eigenvalue weighted by atomic mass is 10.0. The fourth-order valence-corrected chi connectivity index (χ4v) is 2.89. The summed E-state index contributed by atoms with van der Waals surface area (Å²) in [6.07, 6.45) is 20.7. The molecule has 5 nitrogen and oxygen atoms in total.